The Kier molecular flexibility index (Phi) is 2.89. The molecule has 1 N–H and O–H groups in total. The highest BCUT2D eigenvalue weighted by Gasteiger charge is 2.40. The van der Waals surface area contributed by atoms with E-state index in [2.05, 4.69) is 30.9 Å². The van der Waals surface area contributed by atoms with Crippen molar-refractivity contribution in [3.8, 4) is 0 Å². The van der Waals surface area contributed by atoms with Crippen LogP contribution in [0.25, 0.3) is 0 Å². The molecule has 0 aromatic rings. The van der Waals surface area contributed by atoms with Crippen molar-refractivity contribution in [2.75, 3.05) is 6.54 Å². The lowest BCUT2D eigenvalue weighted by atomic mass is 9.84. The summed E-state index contributed by atoms with van der Waals surface area (Å²) in [5.41, 5.74) is 0. The smallest absolute Gasteiger partial charge is 0.0648 e. The Labute approximate surface area is 86.0 Å². The summed E-state index contributed by atoms with van der Waals surface area (Å²) < 4.78 is 0. The van der Waals surface area contributed by atoms with E-state index in [0.717, 1.165) is 11.2 Å². The van der Waals surface area contributed by atoms with Gasteiger partial charge in [0.2, 0.25) is 0 Å². The van der Waals surface area contributed by atoms with Crippen LogP contribution < -0.4 is 5.32 Å². The standard InChI is InChI=1S/C11H21NS/c1-9-8-12-11(2,13-9)10-6-4-3-5-7-10/h9-10,12H,3-8H2,1-2H3. The van der Waals surface area contributed by atoms with Gasteiger partial charge < -0.3 is 5.32 Å². The first-order valence-corrected chi connectivity index (χ1v) is 6.51. The van der Waals surface area contributed by atoms with E-state index in [1.807, 2.05) is 0 Å². The number of hydrogen-bond donors (Lipinski definition) is 1. The fourth-order valence-electron chi connectivity index (χ4n) is 2.74. The van der Waals surface area contributed by atoms with Crippen molar-refractivity contribution < 1.29 is 0 Å². The minimum atomic E-state index is 0.403. The van der Waals surface area contributed by atoms with Gasteiger partial charge in [0.25, 0.3) is 0 Å². The fraction of sp³-hybridized carbons (Fsp3) is 1.00. The molecule has 1 saturated heterocycles. The molecule has 1 aliphatic carbocycles. The second kappa shape index (κ2) is 3.82. The molecule has 1 heterocycles. The van der Waals surface area contributed by atoms with Gasteiger partial charge in [-0.1, -0.05) is 26.2 Å². The summed E-state index contributed by atoms with van der Waals surface area (Å²) in [4.78, 5) is 0.403. The Balaban J connectivity index is 1.97. The molecule has 2 fully saturated rings. The first-order valence-electron chi connectivity index (χ1n) is 5.63. The summed E-state index contributed by atoms with van der Waals surface area (Å²) in [6.07, 6.45) is 7.27. The van der Waals surface area contributed by atoms with Crippen LogP contribution in [0.15, 0.2) is 0 Å². The summed E-state index contributed by atoms with van der Waals surface area (Å²) in [7, 11) is 0. The van der Waals surface area contributed by atoms with Crippen molar-refractivity contribution in [3.05, 3.63) is 0 Å². The number of nitrogens with one attached hydrogen (secondary N) is 1. The third-order valence-electron chi connectivity index (χ3n) is 3.57. The van der Waals surface area contributed by atoms with Gasteiger partial charge in [0.1, 0.15) is 0 Å². The zero-order valence-electron chi connectivity index (χ0n) is 8.81. The molecule has 0 aromatic carbocycles. The van der Waals surface area contributed by atoms with Gasteiger partial charge in [-0.25, -0.2) is 0 Å². The van der Waals surface area contributed by atoms with Gasteiger partial charge in [-0.05, 0) is 25.7 Å². The molecule has 2 rings (SSSR count). The number of rotatable bonds is 1. The maximum absolute atomic E-state index is 3.72. The minimum Gasteiger partial charge on any atom is -0.302 e. The highest BCUT2D eigenvalue weighted by atomic mass is 32.2. The third-order valence-corrected chi connectivity index (χ3v) is 5.11. The molecule has 0 spiro atoms. The Morgan fingerprint density at radius 2 is 1.92 bits per heavy atom. The van der Waals surface area contributed by atoms with Crippen molar-refractivity contribution in [2.45, 2.75) is 56.1 Å². The van der Waals surface area contributed by atoms with Crippen molar-refractivity contribution >= 4 is 11.8 Å². The maximum atomic E-state index is 3.72. The van der Waals surface area contributed by atoms with E-state index in [1.165, 1.54) is 38.6 Å². The van der Waals surface area contributed by atoms with Crippen LogP contribution in [0.3, 0.4) is 0 Å². The van der Waals surface area contributed by atoms with Gasteiger partial charge in [-0.2, -0.15) is 0 Å². The summed E-state index contributed by atoms with van der Waals surface area (Å²) in [5, 5.41) is 4.53. The quantitative estimate of drug-likeness (QED) is 0.697. The van der Waals surface area contributed by atoms with Crippen LogP contribution >= 0.6 is 11.8 Å². The summed E-state index contributed by atoms with van der Waals surface area (Å²) in [6.45, 7) is 5.96. The van der Waals surface area contributed by atoms with E-state index in [1.54, 1.807) is 0 Å². The first-order chi connectivity index (χ1) is 6.21. The van der Waals surface area contributed by atoms with E-state index in [9.17, 15) is 0 Å². The van der Waals surface area contributed by atoms with Gasteiger partial charge >= 0.3 is 0 Å². The normalized spacial score (nSPS) is 42.5. The van der Waals surface area contributed by atoms with Crippen molar-refractivity contribution in [1.82, 2.24) is 5.32 Å². The van der Waals surface area contributed by atoms with Crippen LogP contribution in [0.5, 0.6) is 0 Å². The average Bonchev–Trinajstić information content (AvgIpc) is 2.49. The molecular formula is C11H21NS. The second-order valence-corrected chi connectivity index (χ2v) is 6.64. The van der Waals surface area contributed by atoms with Crippen molar-refractivity contribution in [2.24, 2.45) is 5.92 Å². The molecule has 2 aliphatic rings. The maximum Gasteiger partial charge on any atom is 0.0648 e. The molecule has 0 radical (unpaired) electrons. The predicted octanol–water partition coefficient (Wildman–Crippen LogP) is 3.01. The summed E-state index contributed by atoms with van der Waals surface area (Å²) in [5.74, 6) is 0.927. The van der Waals surface area contributed by atoms with E-state index < -0.39 is 0 Å². The molecule has 2 unspecified atom stereocenters. The van der Waals surface area contributed by atoms with Gasteiger partial charge in [-0.3, -0.25) is 0 Å². The Hall–Kier alpha value is 0.310. The Morgan fingerprint density at radius 1 is 1.23 bits per heavy atom. The lowest BCUT2D eigenvalue weighted by Gasteiger charge is -2.36. The molecule has 1 nitrogen and oxygen atoms in total. The van der Waals surface area contributed by atoms with E-state index in [0.29, 0.717) is 4.87 Å². The van der Waals surface area contributed by atoms with Gasteiger partial charge in [0, 0.05) is 11.8 Å². The average molecular weight is 199 g/mol. The third kappa shape index (κ3) is 2.04. The fourth-order valence-corrected chi connectivity index (χ4v) is 4.34. The van der Waals surface area contributed by atoms with Crippen LogP contribution in [0.1, 0.15) is 46.0 Å². The monoisotopic (exact) mass is 199 g/mol. The lowest BCUT2D eigenvalue weighted by molar-refractivity contribution is 0.266. The van der Waals surface area contributed by atoms with Crippen LogP contribution in [0.4, 0.5) is 0 Å². The molecule has 1 aliphatic heterocycles. The predicted molar refractivity (Wildman–Crippen MR) is 60.0 cm³/mol. The first kappa shape index (κ1) is 9.85. The second-order valence-electron chi connectivity index (χ2n) is 4.75. The highest BCUT2D eigenvalue weighted by molar-refractivity contribution is 8.01. The molecule has 76 valence electrons. The van der Waals surface area contributed by atoms with Crippen LogP contribution in [-0.2, 0) is 0 Å². The molecule has 1 saturated carbocycles. The SMILES string of the molecule is CC1CNC(C)(C2CCCCC2)S1. The summed E-state index contributed by atoms with van der Waals surface area (Å²) >= 11 is 2.16. The number of hydrogen-bond acceptors (Lipinski definition) is 2. The van der Waals surface area contributed by atoms with Crippen LogP contribution in [0, 0.1) is 5.92 Å². The lowest BCUT2D eigenvalue weighted by Crippen LogP contribution is -2.42. The molecule has 2 heteroatoms. The van der Waals surface area contributed by atoms with E-state index >= 15 is 0 Å². The Bertz CT molecular complexity index is 177. The van der Waals surface area contributed by atoms with Crippen LogP contribution in [-0.4, -0.2) is 16.7 Å². The molecule has 0 aromatic heterocycles. The summed E-state index contributed by atoms with van der Waals surface area (Å²) in [6, 6.07) is 0. The minimum absolute atomic E-state index is 0.403. The molecule has 0 bridgehead atoms. The topological polar surface area (TPSA) is 12.0 Å². The Morgan fingerprint density at radius 3 is 2.46 bits per heavy atom. The van der Waals surface area contributed by atoms with Gasteiger partial charge in [-0.15, -0.1) is 11.8 Å². The van der Waals surface area contributed by atoms with Crippen molar-refractivity contribution in [1.29, 1.82) is 0 Å². The van der Waals surface area contributed by atoms with E-state index in [4.69, 9.17) is 0 Å². The zero-order chi connectivity index (χ0) is 9.31. The molecule has 2 atom stereocenters. The number of thioether (sulfide) groups is 1. The largest absolute Gasteiger partial charge is 0.302 e. The van der Waals surface area contributed by atoms with E-state index in [-0.39, 0.29) is 0 Å². The van der Waals surface area contributed by atoms with Gasteiger partial charge in [0.05, 0.1) is 4.87 Å². The zero-order valence-corrected chi connectivity index (χ0v) is 9.62. The van der Waals surface area contributed by atoms with Crippen LogP contribution in [0.2, 0.25) is 0 Å². The molecular weight excluding hydrogens is 178 g/mol. The molecule has 13 heavy (non-hydrogen) atoms. The van der Waals surface area contributed by atoms with Crippen molar-refractivity contribution in [3.63, 3.8) is 0 Å². The van der Waals surface area contributed by atoms with Gasteiger partial charge in [0.15, 0.2) is 0 Å². The highest BCUT2D eigenvalue weighted by Crippen LogP contribution is 2.44. The molecule has 0 amide bonds.